The third-order valence-corrected chi connectivity index (χ3v) is 4.29. The number of hydrogen-bond donors (Lipinski definition) is 0. The van der Waals surface area contributed by atoms with Gasteiger partial charge in [0, 0.05) is 29.4 Å². The van der Waals surface area contributed by atoms with Gasteiger partial charge in [0.2, 0.25) is 0 Å². The van der Waals surface area contributed by atoms with Crippen LogP contribution in [0.1, 0.15) is 37.4 Å². The second-order valence-electron chi connectivity index (χ2n) is 5.85. The number of carbonyl (C=O) groups is 1. The summed E-state index contributed by atoms with van der Waals surface area (Å²) in [6, 6.07) is 16.8. The maximum Gasteiger partial charge on any atom is 0.141 e. The SMILES string of the molecule is CCC(=O)C(C)c1c(-c2ccccc2)cc2cc(C)ccn12. The van der Waals surface area contributed by atoms with Crippen molar-refractivity contribution in [1.82, 2.24) is 4.40 Å². The molecule has 3 rings (SSSR count). The lowest BCUT2D eigenvalue weighted by atomic mass is 9.94. The summed E-state index contributed by atoms with van der Waals surface area (Å²) in [6.07, 6.45) is 2.64. The molecule has 0 spiro atoms. The molecule has 112 valence electrons. The van der Waals surface area contributed by atoms with E-state index in [1.807, 2.05) is 32.0 Å². The highest BCUT2D eigenvalue weighted by Gasteiger charge is 2.22. The number of nitrogens with zero attached hydrogens (tertiary/aromatic N) is 1. The normalized spacial score (nSPS) is 12.5. The molecule has 0 radical (unpaired) electrons. The van der Waals surface area contributed by atoms with Gasteiger partial charge in [-0.2, -0.15) is 0 Å². The van der Waals surface area contributed by atoms with Crippen LogP contribution in [0.15, 0.2) is 54.7 Å². The summed E-state index contributed by atoms with van der Waals surface area (Å²) in [4.78, 5) is 12.3. The van der Waals surface area contributed by atoms with Gasteiger partial charge in [-0.15, -0.1) is 0 Å². The van der Waals surface area contributed by atoms with E-state index >= 15 is 0 Å². The minimum atomic E-state index is -0.106. The Kier molecular flexibility index (Phi) is 3.84. The lowest BCUT2D eigenvalue weighted by Crippen LogP contribution is -2.11. The fourth-order valence-corrected chi connectivity index (χ4v) is 3.06. The summed E-state index contributed by atoms with van der Waals surface area (Å²) in [6.45, 7) is 6.04. The van der Waals surface area contributed by atoms with Gasteiger partial charge in [-0.3, -0.25) is 4.79 Å². The number of rotatable bonds is 4. The molecule has 0 aliphatic carbocycles. The molecule has 1 unspecified atom stereocenters. The number of benzene rings is 1. The van der Waals surface area contributed by atoms with E-state index in [9.17, 15) is 4.79 Å². The molecule has 2 aromatic heterocycles. The van der Waals surface area contributed by atoms with Crippen molar-refractivity contribution in [3.63, 3.8) is 0 Å². The average molecular weight is 291 g/mol. The number of aromatic nitrogens is 1. The number of fused-ring (bicyclic) bond motifs is 1. The Bertz CT molecular complexity index is 814. The second kappa shape index (κ2) is 5.80. The smallest absolute Gasteiger partial charge is 0.141 e. The second-order valence-corrected chi connectivity index (χ2v) is 5.85. The summed E-state index contributed by atoms with van der Waals surface area (Å²) in [5.74, 6) is 0.170. The Morgan fingerprint density at radius 2 is 1.86 bits per heavy atom. The molecule has 2 nitrogen and oxygen atoms in total. The number of hydrogen-bond acceptors (Lipinski definition) is 1. The molecular weight excluding hydrogens is 270 g/mol. The first-order valence-corrected chi connectivity index (χ1v) is 7.81. The van der Waals surface area contributed by atoms with Crippen molar-refractivity contribution in [2.45, 2.75) is 33.1 Å². The minimum absolute atomic E-state index is 0.106. The van der Waals surface area contributed by atoms with E-state index in [0.717, 1.165) is 22.3 Å². The monoisotopic (exact) mass is 291 g/mol. The van der Waals surface area contributed by atoms with E-state index in [1.165, 1.54) is 5.56 Å². The van der Waals surface area contributed by atoms with Crippen LogP contribution in [-0.2, 0) is 4.79 Å². The third-order valence-electron chi connectivity index (χ3n) is 4.29. The van der Waals surface area contributed by atoms with Crippen molar-refractivity contribution >= 4 is 11.3 Å². The molecule has 0 bridgehead atoms. The summed E-state index contributed by atoms with van der Waals surface area (Å²) in [5.41, 5.74) is 5.78. The Balaban J connectivity index is 2.28. The van der Waals surface area contributed by atoms with Crippen LogP contribution in [0.3, 0.4) is 0 Å². The van der Waals surface area contributed by atoms with Crippen molar-refractivity contribution in [3.05, 3.63) is 66.0 Å². The lowest BCUT2D eigenvalue weighted by molar-refractivity contribution is -0.119. The maximum absolute atomic E-state index is 12.3. The van der Waals surface area contributed by atoms with Crippen molar-refractivity contribution in [2.75, 3.05) is 0 Å². The van der Waals surface area contributed by atoms with E-state index in [0.29, 0.717) is 6.42 Å². The highest BCUT2D eigenvalue weighted by Crippen LogP contribution is 2.33. The van der Waals surface area contributed by atoms with Gasteiger partial charge in [-0.25, -0.2) is 0 Å². The van der Waals surface area contributed by atoms with Crippen LogP contribution < -0.4 is 0 Å². The fourth-order valence-electron chi connectivity index (χ4n) is 3.06. The molecular formula is C20H21NO. The zero-order valence-corrected chi connectivity index (χ0v) is 13.3. The quantitative estimate of drug-likeness (QED) is 0.663. The number of aryl methyl sites for hydroxylation is 1. The minimum Gasteiger partial charge on any atom is -0.320 e. The van der Waals surface area contributed by atoms with Crippen LogP contribution in [0.5, 0.6) is 0 Å². The van der Waals surface area contributed by atoms with E-state index < -0.39 is 0 Å². The maximum atomic E-state index is 12.3. The van der Waals surface area contributed by atoms with E-state index in [1.54, 1.807) is 0 Å². The van der Waals surface area contributed by atoms with Crippen molar-refractivity contribution in [1.29, 1.82) is 0 Å². The van der Waals surface area contributed by atoms with E-state index in [-0.39, 0.29) is 11.7 Å². The van der Waals surface area contributed by atoms with Gasteiger partial charge in [0.25, 0.3) is 0 Å². The van der Waals surface area contributed by atoms with Crippen LogP contribution >= 0.6 is 0 Å². The van der Waals surface area contributed by atoms with E-state index in [2.05, 4.69) is 47.9 Å². The predicted octanol–water partition coefficient (Wildman–Crippen LogP) is 5.00. The molecule has 0 amide bonds. The largest absolute Gasteiger partial charge is 0.320 e. The molecule has 0 saturated carbocycles. The van der Waals surface area contributed by atoms with Crippen LogP contribution in [0, 0.1) is 6.92 Å². The van der Waals surface area contributed by atoms with Gasteiger partial charge < -0.3 is 4.40 Å². The molecule has 2 heterocycles. The van der Waals surface area contributed by atoms with Crippen molar-refractivity contribution < 1.29 is 4.79 Å². The summed E-state index contributed by atoms with van der Waals surface area (Å²) < 4.78 is 2.16. The van der Waals surface area contributed by atoms with Crippen LogP contribution in [0.2, 0.25) is 0 Å². The number of carbonyl (C=O) groups excluding carboxylic acids is 1. The molecule has 1 aromatic carbocycles. The molecule has 0 fully saturated rings. The van der Waals surface area contributed by atoms with Crippen molar-refractivity contribution in [2.24, 2.45) is 0 Å². The van der Waals surface area contributed by atoms with Crippen LogP contribution in [0.4, 0.5) is 0 Å². The van der Waals surface area contributed by atoms with Crippen LogP contribution in [0.25, 0.3) is 16.6 Å². The molecule has 1 atom stereocenters. The molecule has 22 heavy (non-hydrogen) atoms. The fraction of sp³-hybridized carbons (Fsp3) is 0.250. The number of ketones is 1. The van der Waals surface area contributed by atoms with Gasteiger partial charge in [0.05, 0.1) is 5.92 Å². The number of Topliss-reactive ketones (excluding diaryl/α,β-unsaturated/α-hetero) is 1. The Hall–Kier alpha value is -2.35. The van der Waals surface area contributed by atoms with Gasteiger partial charge in [0.1, 0.15) is 5.78 Å². The zero-order chi connectivity index (χ0) is 15.7. The van der Waals surface area contributed by atoms with Crippen LogP contribution in [-0.4, -0.2) is 10.2 Å². The molecule has 0 aliphatic rings. The molecule has 0 N–H and O–H groups in total. The lowest BCUT2D eigenvalue weighted by Gasteiger charge is -2.13. The first-order valence-electron chi connectivity index (χ1n) is 7.81. The third kappa shape index (κ3) is 2.45. The first-order chi connectivity index (χ1) is 10.6. The first kappa shape index (κ1) is 14.6. The summed E-state index contributed by atoms with van der Waals surface area (Å²) >= 11 is 0. The standard InChI is InChI=1S/C20H21NO/c1-4-19(22)15(3)20-18(16-8-6-5-7-9-16)13-17-12-14(2)10-11-21(17)20/h5-13,15H,4H2,1-3H3. The highest BCUT2D eigenvalue weighted by atomic mass is 16.1. The predicted molar refractivity (Wildman–Crippen MR) is 91.3 cm³/mol. The average Bonchev–Trinajstić information content (AvgIpc) is 2.92. The number of pyridine rings is 1. The van der Waals surface area contributed by atoms with Gasteiger partial charge in [0.15, 0.2) is 0 Å². The topological polar surface area (TPSA) is 21.5 Å². The summed E-state index contributed by atoms with van der Waals surface area (Å²) in [7, 11) is 0. The van der Waals surface area contributed by atoms with Gasteiger partial charge >= 0.3 is 0 Å². The Labute approximate surface area is 131 Å². The Morgan fingerprint density at radius 3 is 2.55 bits per heavy atom. The summed E-state index contributed by atoms with van der Waals surface area (Å²) in [5, 5.41) is 0. The Morgan fingerprint density at radius 1 is 1.14 bits per heavy atom. The van der Waals surface area contributed by atoms with Gasteiger partial charge in [-0.05, 0) is 43.2 Å². The zero-order valence-electron chi connectivity index (χ0n) is 13.3. The molecule has 2 heteroatoms. The molecule has 0 saturated heterocycles. The van der Waals surface area contributed by atoms with E-state index in [4.69, 9.17) is 0 Å². The molecule has 0 aliphatic heterocycles. The van der Waals surface area contributed by atoms with Gasteiger partial charge in [-0.1, -0.05) is 37.3 Å². The highest BCUT2D eigenvalue weighted by molar-refractivity contribution is 5.88. The molecule has 3 aromatic rings. The van der Waals surface area contributed by atoms with Crippen molar-refractivity contribution in [3.8, 4) is 11.1 Å².